The molecule has 2 aromatic heterocycles. The number of rotatable bonds is 4. The van der Waals surface area contributed by atoms with Crippen molar-refractivity contribution in [2.45, 2.75) is 20.0 Å². The zero-order valence-corrected chi connectivity index (χ0v) is 13.0. The Kier molecular flexibility index (Phi) is 3.97. The van der Waals surface area contributed by atoms with Crippen LogP contribution in [-0.4, -0.2) is 25.2 Å². The molecule has 6 nitrogen and oxygen atoms in total. The van der Waals surface area contributed by atoms with Crippen LogP contribution < -0.4 is 4.80 Å². The lowest BCUT2D eigenvalue weighted by Crippen LogP contribution is -2.18. The minimum absolute atomic E-state index is 0.0847. The maximum atomic E-state index is 12.1. The highest BCUT2D eigenvalue weighted by molar-refractivity contribution is 7.16. The minimum atomic E-state index is -0.258. The quantitative estimate of drug-likeness (QED) is 0.691. The zero-order valence-electron chi connectivity index (χ0n) is 12.1. The van der Waals surface area contributed by atoms with Gasteiger partial charge in [-0.05, 0) is 24.6 Å². The van der Waals surface area contributed by atoms with Crippen LogP contribution in [0.4, 0.5) is 0 Å². The molecule has 0 aliphatic heterocycles. The molecule has 22 heavy (non-hydrogen) atoms. The first-order chi connectivity index (χ1) is 10.7. The standard InChI is InChI=1S/C15H15N5OS/c1-3-6-20-12-5-4-11(2)7-13(12)22-15(20)18-14(21)8-19-10-16-9-17-19/h3-5,7,9-10H,1,6,8H2,2H3. The van der Waals surface area contributed by atoms with E-state index in [0.717, 1.165) is 10.2 Å². The molecule has 0 bridgehead atoms. The summed E-state index contributed by atoms with van der Waals surface area (Å²) in [4.78, 5) is 20.8. The number of hydrogen-bond donors (Lipinski definition) is 0. The number of carbonyl (C=O) groups is 1. The molecule has 0 aliphatic rings. The molecule has 1 aromatic carbocycles. The fourth-order valence-electron chi connectivity index (χ4n) is 2.17. The average Bonchev–Trinajstić information content (AvgIpc) is 3.08. The van der Waals surface area contributed by atoms with Crippen molar-refractivity contribution < 1.29 is 4.79 Å². The van der Waals surface area contributed by atoms with Gasteiger partial charge in [0.25, 0.3) is 5.91 Å². The summed E-state index contributed by atoms with van der Waals surface area (Å²) in [5, 5.41) is 3.92. The van der Waals surface area contributed by atoms with Crippen molar-refractivity contribution in [3.63, 3.8) is 0 Å². The van der Waals surface area contributed by atoms with Crippen LogP contribution in [0.15, 0.2) is 48.5 Å². The van der Waals surface area contributed by atoms with E-state index in [0.29, 0.717) is 11.3 Å². The Morgan fingerprint density at radius 1 is 1.50 bits per heavy atom. The van der Waals surface area contributed by atoms with Gasteiger partial charge >= 0.3 is 0 Å². The molecule has 0 fully saturated rings. The van der Waals surface area contributed by atoms with Crippen molar-refractivity contribution in [1.29, 1.82) is 0 Å². The third-order valence-corrected chi connectivity index (χ3v) is 4.18. The van der Waals surface area contributed by atoms with E-state index >= 15 is 0 Å². The molecule has 0 saturated heterocycles. The molecule has 0 N–H and O–H groups in total. The van der Waals surface area contributed by atoms with Gasteiger partial charge in [-0.25, -0.2) is 9.67 Å². The maximum Gasteiger partial charge on any atom is 0.270 e. The van der Waals surface area contributed by atoms with Gasteiger partial charge in [0, 0.05) is 6.54 Å². The molecule has 0 radical (unpaired) electrons. The number of aromatic nitrogens is 4. The van der Waals surface area contributed by atoms with Gasteiger partial charge in [0.1, 0.15) is 19.2 Å². The van der Waals surface area contributed by atoms with Crippen LogP contribution in [0.2, 0.25) is 0 Å². The van der Waals surface area contributed by atoms with Gasteiger partial charge in [0.15, 0.2) is 4.80 Å². The highest BCUT2D eigenvalue weighted by Gasteiger charge is 2.08. The first kappa shape index (κ1) is 14.4. The summed E-state index contributed by atoms with van der Waals surface area (Å²) in [6, 6.07) is 6.20. The first-order valence-corrected chi connectivity index (χ1v) is 7.60. The van der Waals surface area contributed by atoms with Crippen molar-refractivity contribution in [1.82, 2.24) is 19.3 Å². The predicted octanol–water partition coefficient (Wildman–Crippen LogP) is 1.92. The van der Waals surface area contributed by atoms with Crippen molar-refractivity contribution in [3.8, 4) is 0 Å². The molecule has 3 aromatic rings. The normalized spacial score (nSPS) is 12.0. The molecule has 2 heterocycles. The van der Waals surface area contributed by atoms with E-state index in [1.54, 1.807) is 6.08 Å². The fraction of sp³-hybridized carbons (Fsp3) is 0.200. The number of nitrogens with zero attached hydrogens (tertiary/aromatic N) is 5. The van der Waals surface area contributed by atoms with Gasteiger partial charge in [-0.15, -0.1) is 6.58 Å². The Morgan fingerprint density at radius 2 is 2.36 bits per heavy atom. The van der Waals surface area contributed by atoms with Crippen LogP contribution in [0, 0.1) is 6.92 Å². The van der Waals surface area contributed by atoms with Crippen molar-refractivity contribution in [2.24, 2.45) is 4.99 Å². The van der Waals surface area contributed by atoms with E-state index in [-0.39, 0.29) is 12.5 Å². The van der Waals surface area contributed by atoms with Crippen molar-refractivity contribution in [3.05, 3.63) is 53.9 Å². The summed E-state index contributed by atoms with van der Waals surface area (Å²) in [7, 11) is 0. The molecule has 1 amide bonds. The topological polar surface area (TPSA) is 65.1 Å². The molecule has 0 unspecified atom stereocenters. The fourth-order valence-corrected chi connectivity index (χ4v) is 3.32. The lowest BCUT2D eigenvalue weighted by atomic mass is 10.2. The molecule has 112 valence electrons. The van der Waals surface area contributed by atoms with Crippen LogP contribution in [-0.2, 0) is 17.9 Å². The Bertz CT molecular complexity index is 888. The average molecular weight is 313 g/mol. The summed E-state index contributed by atoms with van der Waals surface area (Å²) < 4.78 is 4.56. The second-order valence-electron chi connectivity index (χ2n) is 4.85. The van der Waals surface area contributed by atoms with Crippen LogP contribution in [0.3, 0.4) is 0 Å². The number of benzene rings is 1. The van der Waals surface area contributed by atoms with Gasteiger partial charge in [-0.1, -0.05) is 23.5 Å². The van der Waals surface area contributed by atoms with Crippen molar-refractivity contribution >= 4 is 27.5 Å². The molecule has 0 saturated carbocycles. The second kappa shape index (κ2) is 6.07. The predicted molar refractivity (Wildman–Crippen MR) is 85.3 cm³/mol. The van der Waals surface area contributed by atoms with Gasteiger partial charge in [-0.3, -0.25) is 4.79 Å². The van der Waals surface area contributed by atoms with E-state index in [1.807, 2.05) is 17.6 Å². The Balaban J connectivity index is 2.04. The number of aryl methyl sites for hydroxylation is 1. The number of carbonyl (C=O) groups excluding carboxylic acids is 1. The molecule has 7 heteroatoms. The summed E-state index contributed by atoms with van der Waals surface area (Å²) in [5.74, 6) is -0.258. The Hall–Kier alpha value is -2.54. The number of amides is 1. The van der Waals surface area contributed by atoms with Gasteiger partial charge in [0.05, 0.1) is 10.2 Å². The third kappa shape index (κ3) is 2.89. The smallest absolute Gasteiger partial charge is 0.270 e. The molecule has 0 atom stereocenters. The third-order valence-electron chi connectivity index (χ3n) is 3.13. The minimum Gasteiger partial charge on any atom is -0.313 e. The van der Waals surface area contributed by atoms with E-state index < -0.39 is 0 Å². The number of allylic oxidation sites excluding steroid dienone is 1. The Labute approximate surface area is 131 Å². The largest absolute Gasteiger partial charge is 0.313 e. The van der Waals surface area contributed by atoms with E-state index in [9.17, 15) is 4.79 Å². The van der Waals surface area contributed by atoms with Crippen LogP contribution in [0.5, 0.6) is 0 Å². The first-order valence-electron chi connectivity index (χ1n) is 6.78. The molecule has 0 spiro atoms. The van der Waals surface area contributed by atoms with Crippen LogP contribution in [0.25, 0.3) is 10.2 Å². The van der Waals surface area contributed by atoms with E-state index in [4.69, 9.17) is 0 Å². The SMILES string of the molecule is C=CCn1c(=NC(=O)Cn2cncn2)sc2cc(C)ccc21. The van der Waals surface area contributed by atoms with Gasteiger partial charge in [-0.2, -0.15) is 10.1 Å². The number of thiazole rings is 1. The van der Waals surface area contributed by atoms with Gasteiger partial charge < -0.3 is 4.57 Å². The van der Waals surface area contributed by atoms with Crippen molar-refractivity contribution in [2.75, 3.05) is 0 Å². The summed E-state index contributed by atoms with van der Waals surface area (Å²) in [6.45, 7) is 6.52. The maximum absolute atomic E-state index is 12.1. The highest BCUT2D eigenvalue weighted by Crippen LogP contribution is 2.18. The number of hydrogen-bond acceptors (Lipinski definition) is 4. The molecular weight excluding hydrogens is 298 g/mol. The lowest BCUT2D eigenvalue weighted by molar-refractivity contribution is -0.118. The summed E-state index contributed by atoms with van der Waals surface area (Å²) in [6.07, 6.45) is 4.69. The second-order valence-corrected chi connectivity index (χ2v) is 5.86. The molecular formula is C15H15N5OS. The summed E-state index contributed by atoms with van der Waals surface area (Å²) in [5.41, 5.74) is 2.24. The Morgan fingerprint density at radius 3 is 3.09 bits per heavy atom. The van der Waals surface area contributed by atoms with E-state index in [1.165, 1.54) is 34.2 Å². The molecule has 0 aliphatic carbocycles. The monoisotopic (exact) mass is 313 g/mol. The zero-order chi connectivity index (χ0) is 15.5. The number of fused-ring (bicyclic) bond motifs is 1. The molecule has 3 rings (SSSR count). The summed E-state index contributed by atoms with van der Waals surface area (Å²) >= 11 is 1.50. The highest BCUT2D eigenvalue weighted by atomic mass is 32.1. The lowest BCUT2D eigenvalue weighted by Gasteiger charge is -2.01. The van der Waals surface area contributed by atoms with E-state index in [2.05, 4.69) is 33.8 Å². The van der Waals surface area contributed by atoms with Crippen LogP contribution in [0.1, 0.15) is 5.56 Å². The van der Waals surface area contributed by atoms with Gasteiger partial charge in [0.2, 0.25) is 0 Å². The van der Waals surface area contributed by atoms with Crippen LogP contribution >= 0.6 is 11.3 Å².